The minimum atomic E-state index is 0.779. The zero-order valence-corrected chi connectivity index (χ0v) is 12.6. The molecule has 1 spiro atoms. The molecule has 0 aromatic carbocycles. The van der Waals surface area contributed by atoms with E-state index >= 15 is 0 Å². The fourth-order valence-electron chi connectivity index (χ4n) is 4.59. The van der Waals surface area contributed by atoms with E-state index in [4.69, 9.17) is 0 Å². The van der Waals surface area contributed by atoms with Crippen molar-refractivity contribution in [2.75, 3.05) is 32.7 Å². The normalized spacial score (nSPS) is 32.5. The van der Waals surface area contributed by atoms with E-state index in [2.05, 4.69) is 10.2 Å². The van der Waals surface area contributed by atoms with Crippen LogP contribution in [0.25, 0.3) is 0 Å². The van der Waals surface area contributed by atoms with Gasteiger partial charge in [-0.2, -0.15) is 0 Å². The van der Waals surface area contributed by atoms with Gasteiger partial charge in [0.2, 0.25) is 0 Å². The van der Waals surface area contributed by atoms with Gasteiger partial charge >= 0.3 is 0 Å². The summed E-state index contributed by atoms with van der Waals surface area (Å²) in [5.74, 6) is 0.958. The summed E-state index contributed by atoms with van der Waals surface area (Å²) in [6.07, 6.45) is 14.9. The summed E-state index contributed by atoms with van der Waals surface area (Å²) in [4.78, 5) is 2.76. The van der Waals surface area contributed by atoms with Crippen molar-refractivity contribution in [3.8, 4) is 0 Å². The van der Waals surface area contributed by atoms with Crippen LogP contribution >= 0.6 is 0 Å². The molecule has 1 N–H and O–H groups in total. The van der Waals surface area contributed by atoms with Gasteiger partial charge in [-0.3, -0.25) is 0 Å². The van der Waals surface area contributed by atoms with Gasteiger partial charge in [0.1, 0.15) is 0 Å². The molecule has 2 aliphatic heterocycles. The van der Waals surface area contributed by atoms with Crippen LogP contribution in [0.4, 0.5) is 0 Å². The van der Waals surface area contributed by atoms with E-state index in [1.807, 2.05) is 0 Å². The van der Waals surface area contributed by atoms with Gasteiger partial charge in [0.25, 0.3) is 0 Å². The van der Waals surface area contributed by atoms with Crippen LogP contribution in [0.15, 0.2) is 0 Å². The molecule has 2 heteroatoms. The van der Waals surface area contributed by atoms with Crippen molar-refractivity contribution in [2.45, 2.75) is 64.2 Å². The molecule has 2 saturated heterocycles. The van der Waals surface area contributed by atoms with Crippen LogP contribution in [-0.4, -0.2) is 37.6 Å². The molecule has 1 aliphatic carbocycles. The minimum absolute atomic E-state index is 0.779. The molecule has 1 saturated carbocycles. The standard InChI is InChI=1S/C17H32N2/c1-2-7-17(8-3-1)9-13-19(14-10-17)12-6-16-5-4-11-18-15-16/h16,18H,1-15H2. The average molecular weight is 264 g/mol. The van der Waals surface area contributed by atoms with Crippen molar-refractivity contribution in [1.29, 1.82) is 0 Å². The first-order valence-electron chi connectivity index (χ1n) is 8.79. The minimum Gasteiger partial charge on any atom is -0.316 e. The van der Waals surface area contributed by atoms with Gasteiger partial charge in [-0.05, 0) is 89.0 Å². The molecular weight excluding hydrogens is 232 g/mol. The van der Waals surface area contributed by atoms with Gasteiger partial charge < -0.3 is 10.2 Å². The zero-order chi connectivity index (χ0) is 13.0. The summed E-state index contributed by atoms with van der Waals surface area (Å²) in [5, 5.41) is 3.55. The summed E-state index contributed by atoms with van der Waals surface area (Å²) in [7, 11) is 0. The molecule has 110 valence electrons. The Hall–Kier alpha value is -0.0800. The van der Waals surface area contributed by atoms with E-state index in [9.17, 15) is 0 Å². The third-order valence-corrected chi connectivity index (χ3v) is 6.08. The second-order valence-electron chi connectivity index (χ2n) is 7.40. The van der Waals surface area contributed by atoms with Crippen LogP contribution in [-0.2, 0) is 0 Å². The van der Waals surface area contributed by atoms with E-state index in [1.165, 1.54) is 96.9 Å². The van der Waals surface area contributed by atoms with E-state index in [1.54, 1.807) is 0 Å². The summed E-state index contributed by atoms with van der Waals surface area (Å²) in [6.45, 7) is 6.67. The SMILES string of the molecule is C1CCC2(CC1)CCN(CCC1CCCNC1)CC2. The maximum atomic E-state index is 3.55. The van der Waals surface area contributed by atoms with E-state index in [0.29, 0.717) is 0 Å². The Kier molecular flexibility index (Phi) is 4.81. The van der Waals surface area contributed by atoms with Crippen molar-refractivity contribution in [3.63, 3.8) is 0 Å². The third kappa shape index (κ3) is 3.72. The Morgan fingerprint density at radius 1 is 0.947 bits per heavy atom. The van der Waals surface area contributed by atoms with Crippen LogP contribution in [0.2, 0.25) is 0 Å². The van der Waals surface area contributed by atoms with Gasteiger partial charge in [0, 0.05) is 0 Å². The highest BCUT2D eigenvalue weighted by atomic mass is 15.1. The lowest BCUT2D eigenvalue weighted by molar-refractivity contribution is 0.0643. The highest BCUT2D eigenvalue weighted by Crippen LogP contribution is 2.44. The number of hydrogen-bond donors (Lipinski definition) is 1. The maximum absolute atomic E-state index is 3.55. The Morgan fingerprint density at radius 3 is 2.42 bits per heavy atom. The van der Waals surface area contributed by atoms with Crippen LogP contribution in [0.3, 0.4) is 0 Å². The van der Waals surface area contributed by atoms with Crippen LogP contribution in [0.5, 0.6) is 0 Å². The Labute approximate surface area is 119 Å². The van der Waals surface area contributed by atoms with Crippen molar-refractivity contribution in [3.05, 3.63) is 0 Å². The first-order chi connectivity index (χ1) is 9.36. The highest BCUT2D eigenvalue weighted by molar-refractivity contribution is 4.88. The predicted octanol–water partition coefficient (Wildman–Crippen LogP) is 3.42. The van der Waals surface area contributed by atoms with Gasteiger partial charge in [-0.1, -0.05) is 19.3 Å². The van der Waals surface area contributed by atoms with Crippen molar-refractivity contribution < 1.29 is 0 Å². The van der Waals surface area contributed by atoms with Gasteiger partial charge in [-0.15, -0.1) is 0 Å². The van der Waals surface area contributed by atoms with E-state index < -0.39 is 0 Å². The van der Waals surface area contributed by atoms with Crippen molar-refractivity contribution in [1.82, 2.24) is 10.2 Å². The smallest absolute Gasteiger partial charge is 0.00134 e. The van der Waals surface area contributed by atoms with Crippen molar-refractivity contribution >= 4 is 0 Å². The summed E-state index contributed by atoms with van der Waals surface area (Å²) in [5.41, 5.74) is 0.779. The molecular formula is C17H32N2. The number of piperidine rings is 2. The molecule has 0 radical (unpaired) electrons. The number of nitrogens with one attached hydrogen (secondary N) is 1. The van der Waals surface area contributed by atoms with E-state index in [0.717, 1.165) is 11.3 Å². The lowest BCUT2D eigenvalue weighted by atomic mass is 9.68. The molecule has 3 fully saturated rings. The first kappa shape index (κ1) is 13.9. The second-order valence-corrected chi connectivity index (χ2v) is 7.40. The molecule has 1 unspecified atom stereocenters. The van der Waals surface area contributed by atoms with Crippen LogP contribution < -0.4 is 5.32 Å². The molecule has 2 heterocycles. The topological polar surface area (TPSA) is 15.3 Å². The number of hydrogen-bond acceptors (Lipinski definition) is 2. The Morgan fingerprint density at radius 2 is 1.74 bits per heavy atom. The average Bonchev–Trinajstić information content (AvgIpc) is 2.49. The van der Waals surface area contributed by atoms with Gasteiger partial charge in [0.05, 0.1) is 0 Å². The summed E-state index contributed by atoms with van der Waals surface area (Å²) < 4.78 is 0. The zero-order valence-electron chi connectivity index (χ0n) is 12.6. The fraction of sp³-hybridized carbons (Fsp3) is 1.00. The fourth-order valence-corrected chi connectivity index (χ4v) is 4.59. The number of rotatable bonds is 3. The summed E-state index contributed by atoms with van der Waals surface area (Å²) >= 11 is 0. The largest absolute Gasteiger partial charge is 0.316 e. The van der Waals surface area contributed by atoms with Crippen LogP contribution in [0.1, 0.15) is 64.2 Å². The maximum Gasteiger partial charge on any atom is -0.00134 e. The Balaban J connectivity index is 1.37. The second kappa shape index (κ2) is 6.58. The van der Waals surface area contributed by atoms with Gasteiger partial charge in [0.15, 0.2) is 0 Å². The lowest BCUT2D eigenvalue weighted by Crippen LogP contribution is -2.42. The molecule has 0 aromatic rings. The number of nitrogens with zero attached hydrogens (tertiary/aromatic N) is 1. The third-order valence-electron chi connectivity index (χ3n) is 6.08. The molecule has 0 amide bonds. The lowest BCUT2D eigenvalue weighted by Gasteiger charge is -2.44. The Bertz CT molecular complexity index is 252. The molecule has 1 atom stereocenters. The molecule has 3 rings (SSSR count). The molecule has 0 bridgehead atoms. The summed E-state index contributed by atoms with van der Waals surface area (Å²) in [6, 6.07) is 0. The van der Waals surface area contributed by atoms with Crippen molar-refractivity contribution in [2.24, 2.45) is 11.3 Å². The molecule has 0 aromatic heterocycles. The molecule has 2 nitrogen and oxygen atoms in total. The predicted molar refractivity (Wildman–Crippen MR) is 81.4 cm³/mol. The highest BCUT2D eigenvalue weighted by Gasteiger charge is 2.35. The first-order valence-corrected chi connectivity index (χ1v) is 8.79. The van der Waals surface area contributed by atoms with Crippen LogP contribution in [0, 0.1) is 11.3 Å². The monoisotopic (exact) mass is 264 g/mol. The quantitative estimate of drug-likeness (QED) is 0.840. The van der Waals surface area contributed by atoms with Gasteiger partial charge in [-0.25, -0.2) is 0 Å². The molecule has 19 heavy (non-hydrogen) atoms. The molecule has 3 aliphatic rings. The number of likely N-dealkylation sites (tertiary alicyclic amines) is 1. The van der Waals surface area contributed by atoms with E-state index in [-0.39, 0.29) is 0 Å².